The van der Waals surface area contributed by atoms with Crippen molar-refractivity contribution in [3.8, 4) is 0 Å². The second kappa shape index (κ2) is 6.94. The highest BCUT2D eigenvalue weighted by atomic mass is 16.2. The van der Waals surface area contributed by atoms with Crippen LogP contribution in [0.15, 0.2) is 24.3 Å². The van der Waals surface area contributed by atoms with E-state index in [1.54, 1.807) is 0 Å². The van der Waals surface area contributed by atoms with Crippen molar-refractivity contribution in [2.24, 2.45) is 0 Å². The first-order valence-corrected chi connectivity index (χ1v) is 6.42. The maximum absolute atomic E-state index is 11.8. The zero-order chi connectivity index (χ0) is 13.5. The average Bonchev–Trinajstić information content (AvgIpc) is 2.36. The van der Waals surface area contributed by atoms with Gasteiger partial charge >= 0.3 is 0 Å². The van der Waals surface area contributed by atoms with Gasteiger partial charge in [-0.05, 0) is 20.3 Å². The number of hydrogen-bond acceptors (Lipinski definition) is 2. The van der Waals surface area contributed by atoms with Crippen LogP contribution in [0.25, 0.3) is 0 Å². The zero-order valence-corrected chi connectivity index (χ0v) is 11.3. The Morgan fingerprint density at radius 1 is 1.17 bits per heavy atom. The molecule has 0 radical (unpaired) electrons. The molecule has 98 valence electrons. The molecule has 3 nitrogen and oxygen atoms in total. The minimum atomic E-state index is -0.0511. The monoisotopic (exact) mass is 247 g/mol. The van der Waals surface area contributed by atoms with E-state index in [9.17, 15) is 9.59 Å². The van der Waals surface area contributed by atoms with Gasteiger partial charge in [-0.25, -0.2) is 0 Å². The summed E-state index contributed by atoms with van der Waals surface area (Å²) in [6, 6.07) is 7.61. The first-order chi connectivity index (χ1) is 8.52. The quantitative estimate of drug-likeness (QED) is 0.786. The lowest BCUT2D eigenvalue weighted by Gasteiger charge is -2.10. The molecule has 0 fully saturated rings. The van der Waals surface area contributed by atoms with Crippen LogP contribution in [-0.4, -0.2) is 17.7 Å². The van der Waals surface area contributed by atoms with E-state index in [1.165, 1.54) is 0 Å². The van der Waals surface area contributed by atoms with Crippen molar-refractivity contribution in [3.05, 3.63) is 35.4 Å². The lowest BCUT2D eigenvalue weighted by molar-refractivity contribution is -0.121. The summed E-state index contributed by atoms with van der Waals surface area (Å²) in [6.45, 7) is 5.95. The summed E-state index contributed by atoms with van der Waals surface area (Å²) in [5.41, 5.74) is 1.80. The fraction of sp³-hybridized carbons (Fsp3) is 0.467. The van der Waals surface area contributed by atoms with Crippen molar-refractivity contribution >= 4 is 11.7 Å². The predicted molar refractivity (Wildman–Crippen MR) is 72.6 cm³/mol. The Labute approximate surface area is 109 Å². The molecular weight excluding hydrogens is 226 g/mol. The molecule has 1 atom stereocenters. The number of aryl methyl sites for hydroxylation is 1. The highest BCUT2D eigenvalue weighted by molar-refractivity contribution is 5.97. The van der Waals surface area contributed by atoms with Crippen molar-refractivity contribution in [3.63, 3.8) is 0 Å². The van der Waals surface area contributed by atoms with Gasteiger partial charge in [0.1, 0.15) is 0 Å². The van der Waals surface area contributed by atoms with Crippen LogP contribution in [-0.2, 0) is 4.79 Å². The van der Waals surface area contributed by atoms with Gasteiger partial charge in [-0.3, -0.25) is 9.59 Å². The van der Waals surface area contributed by atoms with Crippen molar-refractivity contribution in [2.75, 3.05) is 0 Å². The van der Waals surface area contributed by atoms with E-state index in [4.69, 9.17) is 0 Å². The molecule has 1 aromatic carbocycles. The van der Waals surface area contributed by atoms with E-state index in [0.717, 1.165) is 12.0 Å². The molecule has 1 rings (SSSR count). The van der Waals surface area contributed by atoms with Gasteiger partial charge in [-0.2, -0.15) is 0 Å². The first kappa shape index (κ1) is 14.4. The zero-order valence-electron chi connectivity index (χ0n) is 11.3. The smallest absolute Gasteiger partial charge is 0.220 e. The third kappa shape index (κ3) is 4.70. The van der Waals surface area contributed by atoms with Gasteiger partial charge in [0.25, 0.3) is 0 Å². The van der Waals surface area contributed by atoms with E-state index >= 15 is 0 Å². The third-order valence-electron chi connectivity index (χ3n) is 2.97. The number of rotatable bonds is 6. The highest BCUT2D eigenvalue weighted by Crippen LogP contribution is 2.07. The van der Waals surface area contributed by atoms with Crippen LogP contribution >= 0.6 is 0 Å². The number of amides is 1. The minimum absolute atomic E-state index is 0.0225. The summed E-state index contributed by atoms with van der Waals surface area (Å²) >= 11 is 0. The molecule has 0 aliphatic rings. The molecule has 1 unspecified atom stereocenters. The molecule has 0 saturated carbocycles. The van der Waals surface area contributed by atoms with Crippen LogP contribution in [0.3, 0.4) is 0 Å². The fourth-order valence-corrected chi connectivity index (χ4v) is 1.56. The van der Waals surface area contributed by atoms with E-state index in [2.05, 4.69) is 5.32 Å². The Hall–Kier alpha value is -1.64. The molecule has 0 bridgehead atoms. The molecule has 0 aliphatic heterocycles. The number of hydrogen-bond donors (Lipinski definition) is 1. The van der Waals surface area contributed by atoms with Crippen LogP contribution in [0.2, 0.25) is 0 Å². The van der Waals surface area contributed by atoms with Crippen LogP contribution in [0.1, 0.15) is 49.0 Å². The number of carbonyl (C=O) groups excluding carboxylic acids is 2. The molecule has 18 heavy (non-hydrogen) atoms. The summed E-state index contributed by atoms with van der Waals surface area (Å²) in [7, 11) is 0. The van der Waals surface area contributed by atoms with E-state index in [1.807, 2.05) is 45.0 Å². The summed E-state index contributed by atoms with van der Waals surface area (Å²) < 4.78 is 0. The van der Waals surface area contributed by atoms with Crippen molar-refractivity contribution in [1.29, 1.82) is 0 Å². The van der Waals surface area contributed by atoms with Gasteiger partial charge in [0.05, 0.1) is 0 Å². The van der Waals surface area contributed by atoms with Gasteiger partial charge in [-0.15, -0.1) is 0 Å². The molecule has 0 aliphatic carbocycles. The molecule has 0 heterocycles. The van der Waals surface area contributed by atoms with Crippen molar-refractivity contribution < 1.29 is 9.59 Å². The van der Waals surface area contributed by atoms with Gasteiger partial charge < -0.3 is 5.32 Å². The van der Waals surface area contributed by atoms with E-state index < -0.39 is 0 Å². The second-order valence-electron chi connectivity index (χ2n) is 4.67. The van der Waals surface area contributed by atoms with E-state index in [-0.39, 0.29) is 30.6 Å². The second-order valence-corrected chi connectivity index (χ2v) is 4.67. The summed E-state index contributed by atoms with van der Waals surface area (Å²) in [6.07, 6.45) is 1.43. The molecule has 1 aromatic rings. The van der Waals surface area contributed by atoms with Crippen LogP contribution in [0.4, 0.5) is 0 Å². The molecular formula is C15H21NO2. The SMILES string of the molecule is CCC(C)NC(=O)CCC(=O)c1ccc(C)cc1. The lowest BCUT2D eigenvalue weighted by Crippen LogP contribution is -2.32. The van der Waals surface area contributed by atoms with Gasteiger partial charge in [-0.1, -0.05) is 36.8 Å². The van der Waals surface area contributed by atoms with Crippen molar-refractivity contribution in [2.45, 2.75) is 46.1 Å². The Bertz CT molecular complexity index is 409. The summed E-state index contributed by atoms with van der Waals surface area (Å²) in [5, 5.41) is 2.85. The summed E-state index contributed by atoms with van der Waals surface area (Å²) in [5.74, 6) is -0.0286. The molecule has 0 saturated heterocycles. The Morgan fingerprint density at radius 2 is 1.78 bits per heavy atom. The Kier molecular flexibility index (Phi) is 5.56. The third-order valence-corrected chi connectivity index (χ3v) is 2.97. The lowest BCUT2D eigenvalue weighted by atomic mass is 10.0. The number of Topliss-reactive ketones (excluding diaryl/α,β-unsaturated/α-hetero) is 1. The van der Waals surface area contributed by atoms with Crippen LogP contribution in [0.5, 0.6) is 0 Å². The molecule has 0 aromatic heterocycles. The number of carbonyl (C=O) groups is 2. The maximum Gasteiger partial charge on any atom is 0.220 e. The number of ketones is 1. The van der Waals surface area contributed by atoms with Crippen LogP contribution < -0.4 is 5.32 Å². The predicted octanol–water partition coefficient (Wildman–Crippen LogP) is 2.87. The van der Waals surface area contributed by atoms with Gasteiger partial charge in [0.2, 0.25) is 5.91 Å². The molecule has 0 spiro atoms. The molecule has 3 heteroatoms. The largest absolute Gasteiger partial charge is 0.354 e. The number of nitrogens with one attached hydrogen (secondary N) is 1. The highest BCUT2D eigenvalue weighted by Gasteiger charge is 2.10. The normalized spacial score (nSPS) is 11.9. The molecule has 1 N–H and O–H groups in total. The van der Waals surface area contributed by atoms with E-state index in [0.29, 0.717) is 5.56 Å². The first-order valence-electron chi connectivity index (χ1n) is 6.42. The summed E-state index contributed by atoms with van der Waals surface area (Å²) in [4.78, 5) is 23.4. The van der Waals surface area contributed by atoms with Gasteiger partial charge in [0, 0.05) is 24.4 Å². The van der Waals surface area contributed by atoms with Crippen molar-refractivity contribution in [1.82, 2.24) is 5.32 Å². The number of benzene rings is 1. The molecule has 1 amide bonds. The van der Waals surface area contributed by atoms with Crippen LogP contribution in [0, 0.1) is 6.92 Å². The topological polar surface area (TPSA) is 46.2 Å². The average molecular weight is 247 g/mol. The standard InChI is InChI=1S/C15H21NO2/c1-4-12(3)16-15(18)10-9-14(17)13-7-5-11(2)6-8-13/h5-8,12H,4,9-10H2,1-3H3,(H,16,18). The van der Waals surface area contributed by atoms with Gasteiger partial charge in [0.15, 0.2) is 5.78 Å². The fourth-order valence-electron chi connectivity index (χ4n) is 1.56. The Balaban J connectivity index is 2.41. The Morgan fingerprint density at radius 3 is 2.33 bits per heavy atom. The minimum Gasteiger partial charge on any atom is -0.354 e. The maximum atomic E-state index is 11.8.